The molecule has 1 aliphatic rings. The largest absolute Gasteiger partial charge is 0.460 e. The minimum Gasteiger partial charge on any atom is -0.460 e. The summed E-state index contributed by atoms with van der Waals surface area (Å²) >= 11 is 0. The Bertz CT molecular complexity index is 1160. The third-order valence-electron chi connectivity index (χ3n) is 5.39. The number of fused-ring (bicyclic) bond motifs is 5. The first-order valence-corrected chi connectivity index (χ1v) is 8.93. The SMILES string of the molecule is Cc1ccccc1-c1cc2c(ccc3oc4c(c32)C=CCC4)cc1C. The van der Waals surface area contributed by atoms with Crippen molar-refractivity contribution < 1.29 is 4.42 Å². The highest BCUT2D eigenvalue weighted by Gasteiger charge is 2.17. The van der Waals surface area contributed by atoms with Gasteiger partial charge in [0.1, 0.15) is 11.3 Å². The van der Waals surface area contributed by atoms with Gasteiger partial charge in [0, 0.05) is 17.4 Å². The van der Waals surface area contributed by atoms with Crippen molar-refractivity contribution in [1.29, 1.82) is 0 Å². The summed E-state index contributed by atoms with van der Waals surface area (Å²) in [6, 6.07) is 17.6. The molecule has 0 amide bonds. The molecule has 5 rings (SSSR count). The average molecular weight is 324 g/mol. The van der Waals surface area contributed by atoms with E-state index in [-0.39, 0.29) is 0 Å². The molecule has 0 N–H and O–H groups in total. The molecule has 3 aromatic carbocycles. The van der Waals surface area contributed by atoms with E-state index in [2.05, 4.69) is 74.5 Å². The highest BCUT2D eigenvalue weighted by molar-refractivity contribution is 6.11. The van der Waals surface area contributed by atoms with Gasteiger partial charge < -0.3 is 4.42 Å². The Kier molecular flexibility index (Phi) is 3.11. The van der Waals surface area contributed by atoms with Crippen molar-refractivity contribution in [3.05, 3.63) is 77.1 Å². The van der Waals surface area contributed by atoms with Crippen LogP contribution < -0.4 is 0 Å². The van der Waals surface area contributed by atoms with Crippen molar-refractivity contribution in [2.45, 2.75) is 26.7 Å². The molecular formula is C24H20O. The Morgan fingerprint density at radius 1 is 0.880 bits per heavy atom. The lowest BCUT2D eigenvalue weighted by atomic mass is 9.91. The first kappa shape index (κ1) is 14.5. The van der Waals surface area contributed by atoms with Crippen molar-refractivity contribution in [3.63, 3.8) is 0 Å². The number of hydrogen-bond donors (Lipinski definition) is 0. The molecule has 1 heteroatoms. The zero-order chi connectivity index (χ0) is 17.0. The maximum Gasteiger partial charge on any atom is 0.135 e. The van der Waals surface area contributed by atoms with Gasteiger partial charge in [-0.25, -0.2) is 0 Å². The van der Waals surface area contributed by atoms with Gasteiger partial charge in [-0.1, -0.05) is 48.6 Å². The molecule has 0 fully saturated rings. The molecule has 0 saturated carbocycles. The topological polar surface area (TPSA) is 13.1 Å². The van der Waals surface area contributed by atoms with E-state index in [0.717, 1.165) is 24.2 Å². The average Bonchev–Trinajstić information content (AvgIpc) is 3.01. The van der Waals surface area contributed by atoms with E-state index in [0.29, 0.717) is 0 Å². The summed E-state index contributed by atoms with van der Waals surface area (Å²) in [6.07, 6.45) is 6.56. The summed E-state index contributed by atoms with van der Waals surface area (Å²) in [5.74, 6) is 1.13. The van der Waals surface area contributed by atoms with Crippen LogP contribution in [0.5, 0.6) is 0 Å². The number of hydrogen-bond acceptors (Lipinski definition) is 1. The number of allylic oxidation sites excluding steroid dienone is 1. The monoisotopic (exact) mass is 324 g/mol. The van der Waals surface area contributed by atoms with Crippen LogP contribution in [-0.4, -0.2) is 0 Å². The summed E-state index contributed by atoms with van der Waals surface area (Å²) in [4.78, 5) is 0. The first-order valence-electron chi connectivity index (χ1n) is 8.93. The molecule has 1 heterocycles. The van der Waals surface area contributed by atoms with E-state index < -0.39 is 0 Å². The van der Waals surface area contributed by atoms with Gasteiger partial charge in [-0.2, -0.15) is 0 Å². The van der Waals surface area contributed by atoms with E-state index in [1.165, 1.54) is 44.0 Å². The quantitative estimate of drug-likeness (QED) is 0.374. The molecule has 0 spiro atoms. The normalized spacial score (nSPS) is 13.5. The van der Waals surface area contributed by atoms with E-state index in [4.69, 9.17) is 4.42 Å². The van der Waals surface area contributed by atoms with Crippen LogP contribution in [0.2, 0.25) is 0 Å². The second-order valence-electron chi connectivity index (χ2n) is 7.02. The fraction of sp³-hybridized carbons (Fsp3) is 0.167. The van der Waals surface area contributed by atoms with E-state index >= 15 is 0 Å². The summed E-state index contributed by atoms with van der Waals surface area (Å²) in [5.41, 5.74) is 7.52. The molecule has 1 aliphatic carbocycles. The Morgan fingerprint density at radius 3 is 2.64 bits per heavy atom. The number of aryl methyl sites for hydroxylation is 3. The smallest absolute Gasteiger partial charge is 0.135 e. The molecule has 4 aromatic rings. The van der Waals surface area contributed by atoms with Gasteiger partial charge >= 0.3 is 0 Å². The van der Waals surface area contributed by atoms with Crippen LogP contribution in [-0.2, 0) is 6.42 Å². The summed E-state index contributed by atoms with van der Waals surface area (Å²) in [6.45, 7) is 4.39. The molecule has 1 aromatic heterocycles. The van der Waals surface area contributed by atoms with Gasteiger partial charge in [0.15, 0.2) is 0 Å². The number of benzene rings is 3. The fourth-order valence-corrected chi connectivity index (χ4v) is 4.10. The van der Waals surface area contributed by atoms with Crippen LogP contribution in [0.4, 0.5) is 0 Å². The van der Waals surface area contributed by atoms with Crippen molar-refractivity contribution >= 4 is 27.8 Å². The Labute approximate surface area is 147 Å². The Hall–Kier alpha value is -2.80. The first-order chi connectivity index (χ1) is 12.2. The number of rotatable bonds is 1. The molecule has 0 bridgehead atoms. The zero-order valence-corrected chi connectivity index (χ0v) is 14.6. The van der Waals surface area contributed by atoms with Crippen LogP contribution in [0.15, 0.2) is 59.0 Å². The molecule has 25 heavy (non-hydrogen) atoms. The molecule has 0 saturated heterocycles. The van der Waals surface area contributed by atoms with E-state index in [1.807, 2.05) is 0 Å². The van der Waals surface area contributed by atoms with Crippen LogP contribution in [0.25, 0.3) is 38.9 Å². The number of furan rings is 1. The molecule has 0 unspecified atom stereocenters. The van der Waals surface area contributed by atoms with Gasteiger partial charge in [0.05, 0.1) is 0 Å². The lowest BCUT2D eigenvalue weighted by Crippen LogP contribution is -1.90. The van der Waals surface area contributed by atoms with Crippen molar-refractivity contribution in [1.82, 2.24) is 0 Å². The second kappa shape index (κ2) is 5.35. The lowest BCUT2D eigenvalue weighted by Gasteiger charge is -2.12. The summed E-state index contributed by atoms with van der Waals surface area (Å²) < 4.78 is 6.15. The molecular weight excluding hydrogens is 304 g/mol. The second-order valence-corrected chi connectivity index (χ2v) is 7.02. The lowest BCUT2D eigenvalue weighted by molar-refractivity contribution is 0.546. The van der Waals surface area contributed by atoms with Crippen LogP contribution in [0, 0.1) is 13.8 Å². The van der Waals surface area contributed by atoms with E-state index in [9.17, 15) is 0 Å². The van der Waals surface area contributed by atoms with E-state index in [1.54, 1.807) is 0 Å². The van der Waals surface area contributed by atoms with Gasteiger partial charge in [-0.3, -0.25) is 0 Å². The fourth-order valence-electron chi connectivity index (χ4n) is 4.10. The van der Waals surface area contributed by atoms with Crippen molar-refractivity contribution in [3.8, 4) is 11.1 Å². The van der Waals surface area contributed by atoms with Crippen molar-refractivity contribution in [2.75, 3.05) is 0 Å². The predicted molar refractivity (Wildman–Crippen MR) is 106 cm³/mol. The highest BCUT2D eigenvalue weighted by Crippen LogP contribution is 2.39. The van der Waals surface area contributed by atoms with Crippen molar-refractivity contribution in [2.24, 2.45) is 0 Å². The van der Waals surface area contributed by atoms with Gasteiger partial charge in [-0.15, -0.1) is 0 Å². The molecule has 0 radical (unpaired) electrons. The van der Waals surface area contributed by atoms with Gasteiger partial charge in [0.2, 0.25) is 0 Å². The maximum absolute atomic E-state index is 6.15. The maximum atomic E-state index is 6.15. The highest BCUT2D eigenvalue weighted by atomic mass is 16.3. The summed E-state index contributed by atoms with van der Waals surface area (Å²) in [7, 11) is 0. The Balaban J connectivity index is 1.89. The zero-order valence-electron chi connectivity index (χ0n) is 14.6. The molecule has 1 nitrogen and oxygen atoms in total. The minimum absolute atomic E-state index is 0.999. The van der Waals surface area contributed by atoms with Gasteiger partial charge in [0.25, 0.3) is 0 Å². The predicted octanol–water partition coefficient (Wildman–Crippen LogP) is 6.83. The summed E-state index contributed by atoms with van der Waals surface area (Å²) in [5, 5.41) is 3.83. The van der Waals surface area contributed by atoms with Crippen LogP contribution >= 0.6 is 0 Å². The van der Waals surface area contributed by atoms with Gasteiger partial charge in [-0.05, 0) is 65.4 Å². The molecule has 0 atom stereocenters. The third kappa shape index (κ3) is 2.16. The third-order valence-corrected chi connectivity index (χ3v) is 5.39. The molecule has 0 aliphatic heterocycles. The van der Waals surface area contributed by atoms with Crippen LogP contribution in [0.1, 0.15) is 28.9 Å². The minimum atomic E-state index is 0.999. The molecule has 122 valence electrons. The standard InChI is InChI=1S/C24H20O/c1-15-7-3-4-8-18(15)20-14-21-17(13-16(20)2)11-12-23-24(21)19-9-5-6-10-22(19)25-23/h3-5,7-9,11-14H,6,10H2,1-2H3. The van der Waals surface area contributed by atoms with Crippen LogP contribution in [0.3, 0.4) is 0 Å². The Morgan fingerprint density at radius 2 is 1.76 bits per heavy atom.